The van der Waals surface area contributed by atoms with E-state index in [1.165, 1.54) is 0 Å². The molecular formula is C13H22N2O3. The first-order chi connectivity index (χ1) is 8.36. The molecule has 0 spiro atoms. The van der Waals surface area contributed by atoms with Crippen LogP contribution in [0.25, 0.3) is 0 Å². The van der Waals surface area contributed by atoms with Crippen molar-refractivity contribution in [2.45, 2.75) is 64.0 Å². The zero-order valence-electron chi connectivity index (χ0n) is 11.1. The van der Waals surface area contributed by atoms with Crippen molar-refractivity contribution in [3.8, 4) is 0 Å². The van der Waals surface area contributed by atoms with E-state index in [1.807, 2.05) is 0 Å². The van der Waals surface area contributed by atoms with Crippen LogP contribution >= 0.6 is 0 Å². The van der Waals surface area contributed by atoms with Crippen LogP contribution in [0.5, 0.6) is 0 Å². The first-order valence-electron chi connectivity index (χ1n) is 6.68. The van der Waals surface area contributed by atoms with Crippen LogP contribution in [0.3, 0.4) is 0 Å². The Balaban J connectivity index is 1.93. The summed E-state index contributed by atoms with van der Waals surface area (Å²) in [5.74, 6) is -0.910. The molecule has 1 unspecified atom stereocenters. The lowest BCUT2D eigenvalue weighted by molar-refractivity contribution is -0.145. The SMILES string of the molecule is CC1(C)CC1NC(=O)NC1(C(=O)O)CCCCC1. The van der Waals surface area contributed by atoms with Crippen molar-refractivity contribution in [1.29, 1.82) is 0 Å². The van der Waals surface area contributed by atoms with Crippen molar-refractivity contribution in [3.63, 3.8) is 0 Å². The van der Waals surface area contributed by atoms with Gasteiger partial charge in [-0.05, 0) is 24.7 Å². The first-order valence-corrected chi connectivity index (χ1v) is 6.68. The summed E-state index contributed by atoms with van der Waals surface area (Å²) in [5, 5.41) is 14.9. The lowest BCUT2D eigenvalue weighted by Crippen LogP contribution is -2.58. The van der Waals surface area contributed by atoms with Crippen molar-refractivity contribution >= 4 is 12.0 Å². The largest absolute Gasteiger partial charge is 0.480 e. The molecule has 2 fully saturated rings. The second kappa shape index (κ2) is 4.44. The molecule has 0 bridgehead atoms. The fourth-order valence-electron chi connectivity index (χ4n) is 2.67. The van der Waals surface area contributed by atoms with Crippen LogP contribution < -0.4 is 10.6 Å². The number of hydrogen-bond donors (Lipinski definition) is 3. The summed E-state index contributed by atoms with van der Waals surface area (Å²) in [6.45, 7) is 4.18. The quantitative estimate of drug-likeness (QED) is 0.719. The number of carbonyl (C=O) groups is 2. The number of carboxylic acid groups (broad SMARTS) is 1. The van der Waals surface area contributed by atoms with Gasteiger partial charge in [-0.2, -0.15) is 0 Å². The van der Waals surface area contributed by atoms with Crippen LogP contribution in [0.2, 0.25) is 0 Å². The Labute approximate surface area is 107 Å². The number of urea groups is 1. The highest BCUT2D eigenvalue weighted by Crippen LogP contribution is 2.44. The average molecular weight is 254 g/mol. The predicted molar refractivity (Wildman–Crippen MR) is 67.3 cm³/mol. The van der Waals surface area contributed by atoms with Gasteiger partial charge in [0, 0.05) is 6.04 Å². The molecule has 2 amide bonds. The van der Waals surface area contributed by atoms with E-state index in [1.54, 1.807) is 0 Å². The number of rotatable bonds is 3. The summed E-state index contributed by atoms with van der Waals surface area (Å²) in [4.78, 5) is 23.3. The van der Waals surface area contributed by atoms with Gasteiger partial charge in [0.25, 0.3) is 0 Å². The Morgan fingerprint density at radius 2 is 1.72 bits per heavy atom. The molecule has 5 heteroatoms. The normalized spacial score (nSPS) is 28.2. The van der Waals surface area contributed by atoms with E-state index in [2.05, 4.69) is 24.5 Å². The molecule has 102 valence electrons. The standard InChI is InChI=1S/C13H22N2O3/c1-12(2)8-9(12)14-11(18)15-13(10(16)17)6-4-3-5-7-13/h9H,3-8H2,1-2H3,(H,16,17)(H2,14,15,18). The van der Waals surface area contributed by atoms with E-state index in [-0.39, 0.29) is 17.5 Å². The van der Waals surface area contributed by atoms with Crippen LogP contribution in [0, 0.1) is 5.41 Å². The van der Waals surface area contributed by atoms with E-state index in [0.29, 0.717) is 12.8 Å². The van der Waals surface area contributed by atoms with Crippen molar-refractivity contribution in [2.24, 2.45) is 5.41 Å². The van der Waals surface area contributed by atoms with Gasteiger partial charge in [-0.1, -0.05) is 33.1 Å². The fourth-order valence-corrected chi connectivity index (χ4v) is 2.67. The minimum absolute atomic E-state index is 0.153. The van der Waals surface area contributed by atoms with Gasteiger partial charge in [0.1, 0.15) is 5.54 Å². The lowest BCUT2D eigenvalue weighted by Gasteiger charge is -2.34. The van der Waals surface area contributed by atoms with E-state index in [9.17, 15) is 14.7 Å². The van der Waals surface area contributed by atoms with Crippen LogP contribution in [-0.2, 0) is 4.79 Å². The minimum Gasteiger partial charge on any atom is -0.480 e. The van der Waals surface area contributed by atoms with Gasteiger partial charge in [-0.15, -0.1) is 0 Å². The maximum Gasteiger partial charge on any atom is 0.329 e. The van der Waals surface area contributed by atoms with E-state index in [4.69, 9.17) is 0 Å². The van der Waals surface area contributed by atoms with Crippen molar-refractivity contribution in [3.05, 3.63) is 0 Å². The zero-order valence-corrected chi connectivity index (χ0v) is 11.1. The van der Waals surface area contributed by atoms with Gasteiger partial charge in [-0.3, -0.25) is 0 Å². The number of amides is 2. The molecule has 2 aliphatic rings. The molecule has 0 aliphatic heterocycles. The van der Waals surface area contributed by atoms with Gasteiger partial charge >= 0.3 is 12.0 Å². The third kappa shape index (κ3) is 2.60. The Hall–Kier alpha value is -1.26. The highest BCUT2D eigenvalue weighted by molar-refractivity contribution is 5.86. The van der Waals surface area contributed by atoms with Gasteiger partial charge < -0.3 is 15.7 Å². The summed E-state index contributed by atoms with van der Waals surface area (Å²) >= 11 is 0. The molecule has 5 nitrogen and oxygen atoms in total. The molecule has 0 aromatic rings. The maximum atomic E-state index is 11.9. The second-order valence-corrected chi connectivity index (χ2v) is 6.29. The molecule has 2 aliphatic carbocycles. The summed E-state index contributed by atoms with van der Waals surface area (Å²) < 4.78 is 0. The maximum absolute atomic E-state index is 11.9. The molecule has 3 N–H and O–H groups in total. The monoisotopic (exact) mass is 254 g/mol. The Kier molecular flexibility index (Phi) is 3.25. The minimum atomic E-state index is -1.05. The molecule has 1 atom stereocenters. The van der Waals surface area contributed by atoms with Gasteiger partial charge in [0.15, 0.2) is 0 Å². The lowest BCUT2D eigenvalue weighted by atomic mass is 9.82. The topological polar surface area (TPSA) is 78.4 Å². The van der Waals surface area contributed by atoms with Crippen LogP contribution in [0.4, 0.5) is 4.79 Å². The predicted octanol–water partition coefficient (Wildman–Crippen LogP) is 1.87. The third-order valence-corrected chi connectivity index (χ3v) is 4.29. The Morgan fingerprint density at radius 1 is 1.17 bits per heavy atom. The summed E-state index contributed by atoms with van der Waals surface area (Å²) in [5.41, 5.74) is -0.901. The molecule has 0 aromatic carbocycles. The van der Waals surface area contributed by atoms with Crippen LogP contribution in [-0.4, -0.2) is 28.7 Å². The molecule has 0 heterocycles. The molecular weight excluding hydrogens is 232 g/mol. The number of aliphatic carboxylic acids is 1. The highest BCUT2D eigenvalue weighted by Gasteiger charge is 2.48. The summed E-state index contributed by atoms with van der Waals surface area (Å²) in [6.07, 6.45) is 4.80. The smallest absolute Gasteiger partial charge is 0.329 e. The Bertz CT molecular complexity index is 359. The fraction of sp³-hybridized carbons (Fsp3) is 0.846. The third-order valence-electron chi connectivity index (χ3n) is 4.29. The Morgan fingerprint density at radius 3 is 2.17 bits per heavy atom. The summed E-state index contributed by atoms with van der Waals surface area (Å²) in [6, 6.07) is -0.165. The van der Waals surface area contributed by atoms with Crippen LogP contribution in [0.1, 0.15) is 52.4 Å². The van der Waals surface area contributed by atoms with E-state index in [0.717, 1.165) is 25.7 Å². The van der Waals surface area contributed by atoms with Crippen molar-refractivity contribution < 1.29 is 14.7 Å². The van der Waals surface area contributed by atoms with E-state index >= 15 is 0 Å². The number of carboxylic acids is 1. The highest BCUT2D eigenvalue weighted by atomic mass is 16.4. The molecule has 2 saturated carbocycles. The number of nitrogens with one attached hydrogen (secondary N) is 2. The molecule has 18 heavy (non-hydrogen) atoms. The van der Waals surface area contributed by atoms with Crippen LogP contribution in [0.15, 0.2) is 0 Å². The zero-order chi connectivity index (χ0) is 13.4. The number of carbonyl (C=O) groups excluding carboxylic acids is 1. The average Bonchev–Trinajstić information content (AvgIpc) is 2.86. The number of hydrogen-bond acceptors (Lipinski definition) is 2. The van der Waals surface area contributed by atoms with Gasteiger partial charge in [0.05, 0.1) is 0 Å². The van der Waals surface area contributed by atoms with E-state index < -0.39 is 11.5 Å². The molecule has 0 saturated heterocycles. The molecule has 0 aromatic heterocycles. The second-order valence-electron chi connectivity index (χ2n) is 6.29. The van der Waals surface area contributed by atoms with Gasteiger partial charge in [0.2, 0.25) is 0 Å². The van der Waals surface area contributed by atoms with Gasteiger partial charge in [-0.25, -0.2) is 9.59 Å². The molecule has 2 rings (SSSR count). The molecule has 0 radical (unpaired) electrons. The van der Waals surface area contributed by atoms with Crippen molar-refractivity contribution in [1.82, 2.24) is 10.6 Å². The first kappa shape index (κ1) is 13.2. The summed E-state index contributed by atoms with van der Waals surface area (Å²) in [7, 11) is 0. The van der Waals surface area contributed by atoms with Crippen molar-refractivity contribution in [2.75, 3.05) is 0 Å².